The van der Waals surface area contributed by atoms with Gasteiger partial charge in [0.1, 0.15) is 5.82 Å². The van der Waals surface area contributed by atoms with Crippen LogP contribution < -0.4 is 5.32 Å². The van der Waals surface area contributed by atoms with Crippen LogP contribution in [-0.4, -0.2) is 0 Å². The first-order chi connectivity index (χ1) is 8.88. The molecule has 1 aromatic heterocycles. The van der Waals surface area contributed by atoms with Gasteiger partial charge in [-0.25, -0.2) is 13.2 Å². The van der Waals surface area contributed by atoms with E-state index in [1.807, 2.05) is 0 Å². The van der Waals surface area contributed by atoms with Gasteiger partial charge in [0.15, 0.2) is 11.6 Å². The molecule has 0 saturated heterocycles. The molecule has 0 saturated carbocycles. The Labute approximate surface area is 122 Å². The van der Waals surface area contributed by atoms with Crippen LogP contribution in [0.5, 0.6) is 0 Å². The zero-order valence-corrected chi connectivity index (χ0v) is 11.9. The van der Waals surface area contributed by atoms with E-state index in [1.54, 1.807) is 13.0 Å². The van der Waals surface area contributed by atoms with Crippen molar-refractivity contribution >= 4 is 40.2 Å². The molecule has 0 spiro atoms. The zero-order valence-electron chi connectivity index (χ0n) is 9.61. The molecule has 2 aromatic rings. The van der Waals surface area contributed by atoms with E-state index >= 15 is 0 Å². The maximum Gasteiger partial charge on any atom is 0.182 e. The summed E-state index contributed by atoms with van der Waals surface area (Å²) in [5.41, 5.74) is 0.379. The fraction of sp³-hybridized carbons (Fsp3) is 0.167. The second-order valence-electron chi connectivity index (χ2n) is 3.89. The Balaban J connectivity index is 2.29. The number of halogens is 5. The topological polar surface area (TPSA) is 12.0 Å². The van der Waals surface area contributed by atoms with E-state index in [4.69, 9.17) is 23.2 Å². The lowest BCUT2D eigenvalue weighted by atomic mass is 10.1. The van der Waals surface area contributed by atoms with Gasteiger partial charge in [-0.2, -0.15) is 0 Å². The number of hydrogen-bond acceptors (Lipinski definition) is 2. The van der Waals surface area contributed by atoms with Crippen molar-refractivity contribution in [1.29, 1.82) is 0 Å². The predicted octanol–water partition coefficient (Wildman–Crippen LogP) is 5.65. The predicted molar refractivity (Wildman–Crippen MR) is 72.7 cm³/mol. The van der Waals surface area contributed by atoms with Crippen LogP contribution >= 0.6 is 34.5 Å². The Kier molecular flexibility index (Phi) is 4.28. The van der Waals surface area contributed by atoms with Crippen LogP contribution in [0.2, 0.25) is 8.67 Å². The van der Waals surface area contributed by atoms with Crippen molar-refractivity contribution in [3.8, 4) is 0 Å². The largest absolute Gasteiger partial charge is 0.376 e. The minimum Gasteiger partial charge on any atom is -0.376 e. The SMILES string of the molecule is CC(Nc1cc(F)cc(F)c1F)c1cc(Cl)sc1Cl. The Morgan fingerprint density at radius 2 is 1.84 bits per heavy atom. The molecule has 1 N–H and O–H groups in total. The highest BCUT2D eigenvalue weighted by molar-refractivity contribution is 7.20. The first-order valence-corrected chi connectivity index (χ1v) is 6.81. The van der Waals surface area contributed by atoms with Crippen LogP contribution in [0.1, 0.15) is 18.5 Å². The third-order valence-corrected chi connectivity index (χ3v) is 4.03. The molecule has 0 fully saturated rings. The summed E-state index contributed by atoms with van der Waals surface area (Å²) in [4.78, 5) is 0. The summed E-state index contributed by atoms with van der Waals surface area (Å²) < 4.78 is 40.6. The van der Waals surface area contributed by atoms with Gasteiger partial charge >= 0.3 is 0 Å². The average molecular weight is 326 g/mol. The van der Waals surface area contributed by atoms with E-state index in [0.29, 0.717) is 20.3 Å². The summed E-state index contributed by atoms with van der Waals surface area (Å²) >= 11 is 12.9. The summed E-state index contributed by atoms with van der Waals surface area (Å²) in [6.07, 6.45) is 0. The first kappa shape index (κ1) is 14.5. The lowest BCUT2D eigenvalue weighted by Crippen LogP contribution is -2.08. The van der Waals surface area contributed by atoms with Gasteiger partial charge in [0.05, 0.1) is 20.4 Å². The van der Waals surface area contributed by atoms with Gasteiger partial charge in [0.25, 0.3) is 0 Å². The van der Waals surface area contributed by atoms with E-state index in [-0.39, 0.29) is 5.69 Å². The first-order valence-electron chi connectivity index (χ1n) is 5.24. The van der Waals surface area contributed by atoms with Crippen molar-refractivity contribution in [3.05, 3.63) is 49.9 Å². The molecule has 0 aliphatic rings. The van der Waals surface area contributed by atoms with Crippen LogP contribution in [0, 0.1) is 17.5 Å². The monoisotopic (exact) mass is 325 g/mol. The van der Waals surface area contributed by atoms with Crippen molar-refractivity contribution in [2.75, 3.05) is 5.32 Å². The van der Waals surface area contributed by atoms with Gasteiger partial charge < -0.3 is 5.32 Å². The molecular formula is C12H8Cl2F3NS. The number of nitrogens with one attached hydrogen (secondary N) is 1. The highest BCUT2D eigenvalue weighted by atomic mass is 35.5. The van der Waals surface area contributed by atoms with Crippen molar-refractivity contribution in [3.63, 3.8) is 0 Å². The third kappa shape index (κ3) is 3.16. The van der Waals surface area contributed by atoms with Gasteiger partial charge in [-0.05, 0) is 13.0 Å². The van der Waals surface area contributed by atoms with E-state index < -0.39 is 23.5 Å². The lowest BCUT2D eigenvalue weighted by molar-refractivity contribution is 0.496. The summed E-state index contributed by atoms with van der Waals surface area (Å²) in [6, 6.07) is 2.56. The summed E-state index contributed by atoms with van der Waals surface area (Å²) in [5.74, 6) is -3.24. The minimum absolute atomic E-state index is 0.261. The van der Waals surface area contributed by atoms with Crippen LogP contribution in [0.15, 0.2) is 18.2 Å². The van der Waals surface area contributed by atoms with Crippen LogP contribution in [0.3, 0.4) is 0 Å². The summed E-state index contributed by atoms with van der Waals surface area (Å²) in [6.45, 7) is 1.69. The molecule has 7 heteroatoms. The molecule has 0 aliphatic heterocycles. The second kappa shape index (κ2) is 5.61. The molecule has 0 radical (unpaired) electrons. The lowest BCUT2D eigenvalue weighted by Gasteiger charge is -2.15. The van der Waals surface area contributed by atoms with Crippen molar-refractivity contribution < 1.29 is 13.2 Å². The molecule has 0 amide bonds. The molecule has 1 nitrogen and oxygen atoms in total. The zero-order chi connectivity index (χ0) is 14.2. The molecule has 1 atom stereocenters. The molecule has 1 heterocycles. The Bertz CT molecular complexity index is 615. The maximum atomic E-state index is 13.5. The molecule has 19 heavy (non-hydrogen) atoms. The minimum atomic E-state index is -1.25. The van der Waals surface area contributed by atoms with E-state index in [0.717, 1.165) is 6.07 Å². The van der Waals surface area contributed by atoms with Gasteiger partial charge in [-0.1, -0.05) is 23.2 Å². The van der Waals surface area contributed by atoms with Crippen LogP contribution in [0.25, 0.3) is 0 Å². The van der Waals surface area contributed by atoms with Gasteiger partial charge in [-0.3, -0.25) is 0 Å². The van der Waals surface area contributed by atoms with Gasteiger partial charge in [0.2, 0.25) is 0 Å². The maximum absolute atomic E-state index is 13.5. The normalized spacial score (nSPS) is 12.5. The van der Waals surface area contributed by atoms with E-state index in [9.17, 15) is 13.2 Å². The number of hydrogen-bond donors (Lipinski definition) is 1. The molecule has 0 aliphatic carbocycles. The quantitative estimate of drug-likeness (QED) is 0.719. The van der Waals surface area contributed by atoms with E-state index in [1.165, 1.54) is 11.3 Å². The molecular weight excluding hydrogens is 318 g/mol. The number of anilines is 1. The molecule has 1 unspecified atom stereocenters. The molecule has 2 rings (SSSR count). The fourth-order valence-corrected chi connectivity index (χ4v) is 3.27. The number of thiophene rings is 1. The Morgan fingerprint density at radius 1 is 1.16 bits per heavy atom. The van der Waals surface area contributed by atoms with Gasteiger partial charge in [0, 0.05) is 17.7 Å². The highest BCUT2D eigenvalue weighted by Gasteiger charge is 2.17. The molecule has 0 bridgehead atoms. The summed E-state index contributed by atoms with van der Waals surface area (Å²) in [5, 5.41) is 2.67. The average Bonchev–Trinajstić information content (AvgIpc) is 2.64. The molecule has 1 aromatic carbocycles. The number of rotatable bonds is 3. The Morgan fingerprint density at radius 3 is 2.42 bits per heavy atom. The third-order valence-electron chi connectivity index (χ3n) is 2.51. The summed E-state index contributed by atoms with van der Waals surface area (Å²) in [7, 11) is 0. The van der Waals surface area contributed by atoms with Crippen molar-refractivity contribution in [1.82, 2.24) is 0 Å². The van der Waals surface area contributed by atoms with Gasteiger partial charge in [-0.15, -0.1) is 11.3 Å². The second-order valence-corrected chi connectivity index (χ2v) is 6.18. The van der Waals surface area contributed by atoms with Crippen LogP contribution in [0.4, 0.5) is 18.9 Å². The van der Waals surface area contributed by atoms with E-state index in [2.05, 4.69) is 5.32 Å². The van der Waals surface area contributed by atoms with Crippen molar-refractivity contribution in [2.45, 2.75) is 13.0 Å². The Hall–Kier alpha value is -0.910. The highest BCUT2D eigenvalue weighted by Crippen LogP contribution is 2.36. The smallest absolute Gasteiger partial charge is 0.182 e. The number of benzene rings is 1. The standard InChI is InChI=1S/C12H8Cl2F3NS/c1-5(7-4-10(13)19-12(7)14)18-9-3-6(15)2-8(16)11(9)17/h2-5,18H,1H3. The molecule has 102 valence electrons. The van der Waals surface area contributed by atoms with Crippen molar-refractivity contribution in [2.24, 2.45) is 0 Å². The fourth-order valence-electron chi connectivity index (χ4n) is 1.62. The van der Waals surface area contributed by atoms with Crippen LogP contribution in [-0.2, 0) is 0 Å².